The lowest BCUT2D eigenvalue weighted by molar-refractivity contribution is -0.124. The summed E-state index contributed by atoms with van der Waals surface area (Å²) >= 11 is 0. The average Bonchev–Trinajstić information content (AvgIpc) is 2.90. The molecule has 1 aliphatic rings. The van der Waals surface area contributed by atoms with Gasteiger partial charge in [0.05, 0.1) is 0 Å². The third kappa shape index (κ3) is 5.54. The molecule has 1 atom stereocenters. The van der Waals surface area contributed by atoms with Crippen molar-refractivity contribution in [2.75, 3.05) is 5.32 Å². The lowest BCUT2D eigenvalue weighted by Gasteiger charge is -2.28. The van der Waals surface area contributed by atoms with E-state index in [-0.39, 0.29) is 29.8 Å². The number of rotatable bonds is 5. The molecule has 2 aromatic rings. The van der Waals surface area contributed by atoms with Crippen LogP contribution in [0.3, 0.4) is 0 Å². The van der Waals surface area contributed by atoms with Crippen LogP contribution in [0.4, 0.5) is 5.69 Å². The van der Waals surface area contributed by atoms with E-state index in [1.165, 1.54) is 0 Å². The Morgan fingerprint density at radius 1 is 0.903 bits per heavy atom. The Hall–Kier alpha value is -2.63. The smallest absolute Gasteiger partial charge is 0.251 e. The van der Waals surface area contributed by atoms with Crippen LogP contribution >= 0.6 is 12.4 Å². The molecule has 0 aliphatic carbocycles. The first-order valence-electron chi connectivity index (χ1n) is 10.3. The Morgan fingerprint density at radius 2 is 1.48 bits per heavy atom. The van der Waals surface area contributed by atoms with Crippen molar-refractivity contribution >= 4 is 29.9 Å². The minimum Gasteiger partial charge on any atom is -0.337 e. The molecule has 1 heterocycles. The largest absolute Gasteiger partial charge is 0.337 e. The number of carbonyl (C=O) groups is 2. The highest BCUT2D eigenvalue weighted by Gasteiger charge is 2.41. The van der Waals surface area contributed by atoms with Crippen molar-refractivity contribution in [1.29, 1.82) is 0 Å². The average molecular weight is 442 g/mol. The van der Waals surface area contributed by atoms with Crippen molar-refractivity contribution in [3.05, 3.63) is 76.9 Å². The molecule has 31 heavy (non-hydrogen) atoms. The Morgan fingerprint density at radius 3 is 2.00 bits per heavy atom. The quantitative estimate of drug-likeness (QED) is 0.634. The Balaban J connectivity index is 0.00000341. The predicted molar refractivity (Wildman–Crippen MR) is 128 cm³/mol. The van der Waals surface area contributed by atoms with E-state index in [2.05, 4.69) is 16.0 Å². The van der Waals surface area contributed by atoms with Gasteiger partial charge < -0.3 is 10.6 Å². The summed E-state index contributed by atoms with van der Waals surface area (Å²) in [6.45, 7) is 11.9. The van der Waals surface area contributed by atoms with Crippen molar-refractivity contribution in [3.63, 3.8) is 0 Å². The van der Waals surface area contributed by atoms with Crippen molar-refractivity contribution in [2.24, 2.45) is 0 Å². The molecule has 0 aromatic heterocycles. The highest BCUT2D eigenvalue weighted by Crippen LogP contribution is 2.30. The molecule has 0 bridgehead atoms. The Kier molecular flexibility index (Phi) is 7.35. The van der Waals surface area contributed by atoms with Gasteiger partial charge in [-0.05, 0) is 58.2 Å². The van der Waals surface area contributed by atoms with Crippen LogP contribution in [-0.4, -0.2) is 22.9 Å². The number of hydrogen-bond acceptors (Lipinski definition) is 3. The van der Waals surface area contributed by atoms with E-state index in [0.29, 0.717) is 5.57 Å². The first-order chi connectivity index (χ1) is 14.0. The van der Waals surface area contributed by atoms with Gasteiger partial charge in [-0.3, -0.25) is 14.9 Å². The SMILES string of the molecule is Cc1cccc(C)c1NC(=O)C(NC(=O)C1=CC(C)(C)NC1(C)C)c1ccccc1.Cl. The molecule has 0 radical (unpaired) electrons. The zero-order chi connectivity index (χ0) is 22.1. The fourth-order valence-corrected chi connectivity index (χ4v) is 4.16. The molecule has 2 aromatic carbocycles. The van der Waals surface area contributed by atoms with Crippen molar-refractivity contribution in [3.8, 4) is 0 Å². The Bertz CT molecular complexity index is 977. The fourth-order valence-electron chi connectivity index (χ4n) is 4.16. The molecule has 6 heteroatoms. The van der Waals surface area contributed by atoms with Gasteiger partial charge in [0.15, 0.2) is 0 Å². The van der Waals surface area contributed by atoms with Crippen LogP contribution in [0.5, 0.6) is 0 Å². The zero-order valence-electron chi connectivity index (χ0n) is 19.0. The standard InChI is InChI=1S/C25H31N3O2.ClH/c1-16-11-10-12-17(2)20(16)26-23(30)21(18-13-8-7-9-14-18)27-22(29)19-15-24(3,4)28-25(19,5)6;/h7-15,21,28H,1-6H3,(H,26,30)(H,27,29);1H. The van der Waals surface area contributed by atoms with Crippen LogP contribution in [0.2, 0.25) is 0 Å². The number of aryl methyl sites for hydroxylation is 2. The predicted octanol–water partition coefficient (Wildman–Crippen LogP) is 4.61. The molecule has 2 amide bonds. The van der Waals surface area contributed by atoms with E-state index >= 15 is 0 Å². The lowest BCUT2D eigenvalue weighted by atomic mass is 9.95. The van der Waals surface area contributed by atoms with E-state index < -0.39 is 11.6 Å². The molecule has 3 rings (SSSR count). The third-order valence-electron chi connectivity index (χ3n) is 5.46. The van der Waals surface area contributed by atoms with E-state index in [4.69, 9.17) is 0 Å². The van der Waals surface area contributed by atoms with Gasteiger partial charge in [0.2, 0.25) is 5.91 Å². The molecule has 1 aliphatic heterocycles. The number of amides is 2. The number of nitrogens with one attached hydrogen (secondary N) is 3. The number of benzene rings is 2. The van der Waals surface area contributed by atoms with Gasteiger partial charge in [-0.1, -0.05) is 54.6 Å². The number of halogens is 1. The highest BCUT2D eigenvalue weighted by atomic mass is 35.5. The number of anilines is 1. The van der Waals surface area contributed by atoms with Gasteiger partial charge in [-0.25, -0.2) is 0 Å². The van der Waals surface area contributed by atoms with Gasteiger partial charge in [0.25, 0.3) is 5.91 Å². The fraction of sp³-hybridized carbons (Fsp3) is 0.360. The first-order valence-corrected chi connectivity index (χ1v) is 10.3. The highest BCUT2D eigenvalue weighted by molar-refractivity contribution is 6.03. The molecule has 0 spiro atoms. The Labute approximate surface area is 191 Å². The number of hydrogen-bond donors (Lipinski definition) is 3. The number of carbonyl (C=O) groups excluding carboxylic acids is 2. The molecular weight excluding hydrogens is 410 g/mol. The van der Waals surface area contributed by atoms with Gasteiger partial charge in [-0.2, -0.15) is 0 Å². The molecule has 0 fully saturated rings. The summed E-state index contributed by atoms with van der Waals surface area (Å²) in [6, 6.07) is 14.4. The molecule has 3 N–H and O–H groups in total. The van der Waals surface area contributed by atoms with E-state index in [0.717, 1.165) is 22.4 Å². The normalized spacial score (nSPS) is 17.2. The van der Waals surface area contributed by atoms with Crippen molar-refractivity contribution in [2.45, 2.75) is 58.7 Å². The molecular formula is C25H32ClN3O2. The lowest BCUT2D eigenvalue weighted by Crippen LogP contribution is -2.48. The molecule has 1 unspecified atom stereocenters. The molecule has 166 valence electrons. The molecule has 5 nitrogen and oxygen atoms in total. The van der Waals surface area contributed by atoms with Gasteiger partial charge in [0.1, 0.15) is 6.04 Å². The van der Waals surface area contributed by atoms with Crippen LogP contribution in [0.1, 0.15) is 50.4 Å². The van der Waals surface area contributed by atoms with E-state index in [1.54, 1.807) is 0 Å². The van der Waals surface area contributed by atoms with Crippen LogP contribution in [0.15, 0.2) is 60.2 Å². The van der Waals surface area contributed by atoms with Crippen LogP contribution in [0.25, 0.3) is 0 Å². The minimum absolute atomic E-state index is 0. The summed E-state index contributed by atoms with van der Waals surface area (Å²) < 4.78 is 0. The van der Waals surface area contributed by atoms with E-state index in [1.807, 2.05) is 96.1 Å². The van der Waals surface area contributed by atoms with Gasteiger partial charge >= 0.3 is 0 Å². The maximum Gasteiger partial charge on any atom is 0.251 e. The summed E-state index contributed by atoms with van der Waals surface area (Å²) in [5.41, 5.74) is 3.32. The van der Waals surface area contributed by atoms with Crippen LogP contribution in [-0.2, 0) is 9.59 Å². The maximum atomic E-state index is 13.3. The molecule has 0 saturated carbocycles. The second-order valence-corrected chi connectivity index (χ2v) is 9.10. The topological polar surface area (TPSA) is 70.2 Å². The minimum atomic E-state index is -0.807. The van der Waals surface area contributed by atoms with Crippen molar-refractivity contribution < 1.29 is 9.59 Å². The summed E-state index contributed by atoms with van der Waals surface area (Å²) in [6.07, 6.45) is 1.94. The summed E-state index contributed by atoms with van der Waals surface area (Å²) in [5, 5.41) is 9.43. The maximum absolute atomic E-state index is 13.3. The van der Waals surface area contributed by atoms with Crippen LogP contribution < -0.4 is 16.0 Å². The van der Waals surface area contributed by atoms with Gasteiger partial charge in [-0.15, -0.1) is 12.4 Å². The molecule has 0 saturated heterocycles. The van der Waals surface area contributed by atoms with Gasteiger partial charge in [0, 0.05) is 22.3 Å². The number of para-hydroxylation sites is 1. The summed E-state index contributed by atoms with van der Waals surface area (Å²) in [5.74, 6) is -0.515. The van der Waals surface area contributed by atoms with Crippen LogP contribution in [0, 0.1) is 13.8 Å². The zero-order valence-corrected chi connectivity index (χ0v) is 19.8. The second-order valence-electron chi connectivity index (χ2n) is 9.10. The third-order valence-corrected chi connectivity index (χ3v) is 5.46. The summed E-state index contributed by atoms with van der Waals surface area (Å²) in [7, 11) is 0. The monoisotopic (exact) mass is 441 g/mol. The van der Waals surface area contributed by atoms with E-state index in [9.17, 15) is 9.59 Å². The van der Waals surface area contributed by atoms with Crippen molar-refractivity contribution in [1.82, 2.24) is 10.6 Å². The first kappa shape index (κ1) is 24.6. The second kappa shape index (κ2) is 9.25. The summed E-state index contributed by atoms with van der Waals surface area (Å²) in [4.78, 5) is 26.5.